The normalized spacial score (nSPS) is 16.3. The number of halogens is 1. The number of rotatable bonds is 2. The number of carbonyl (C=O) groups excluding carboxylic acids is 1. The highest BCUT2D eigenvalue weighted by Crippen LogP contribution is 2.20. The molecule has 0 spiro atoms. The van der Waals surface area contributed by atoms with Crippen molar-refractivity contribution in [3.05, 3.63) is 28.6 Å². The van der Waals surface area contributed by atoms with Gasteiger partial charge in [0.05, 0.1) is 16.6 Å². The Morgan fingerprint density at radius 3 is 2.67 bits per heavy atom. The second-order valence-corrected chi connectivity index (χ2v) is 5.92. The fourth-order valence-electron chi connectivity index (χ4n) is 2.50. The van der Waals surface area contributed by atoms with E-state index in [1.807, 2.05) is 0 Å². The molecule has 1 fully saturated rings. The monoisotopic (exact) mass is 352 g/mol. The molecule has 8 heteroatoms. The van der Waals surface area contributed by atoms with Gasteiger partial charge in [-0.3, -0.25) is 9.59 Å². The van der Waals surface area contributed by atoms with Crippen molar-refractivity contribution < 1.29 is 14.7 Å². The number of carbonyl (C=O) groups is 2. The summed E-state index contributed by atoms with van der Waals surface area (Å²) in [5.41, 5.74) is 0.944. The van der Waals surface area contributed by atoms with Gasteiger partial charge in [0, 0.05) is 25.5 Å². The number of nitrogens with zero attached hydrogens (tertiary/aromatic N) is 4. The van der Waals surface area contributed by atoms with Crippen molar-refractivity contribution in [2.24, 2.45) is 5.92 Å². The van der Waals surface area contributed by atoms with Crippen molar-refractivity contribution in [2.45, 2.75) is 12.8 Å². The van der Waals surface area contributed by atoms with Crippen LogP contribution in [0, 0.1) is 5.92 Å². The molecule has 2 aromatic heterocycles. The van der Waals surface area contributed by atoms with Crippen LogP contribution in [0.15, 0.2) is 23.1 Å². The summed E-state index contributed by atoms with van der Waals surface area (Å²) in [6.07, 6.45) is 5.82. The lowest BCUT2D eigenvalue weighted by atomic mass is 9.97. The first kappa shape index (κ1) is 14.0. The molecule has 1 amide bonds. The average molecular weight is 353 g/mol. The van der Waals surface area contributed by atoms with Crippen LogP contribution in [-0.2, 0) is 4.79 Å². The van der Waals surface area contributed by atoms with Gasteiger partial charge in [-0.2, -0.15) is 5.10 Å². The van der Waals surface area contributed by atoms with E-state index in [4.69, 9.17) is 5.11 Å². The highest BCUT2D eigenvalue weighted by atomic mass is 79.9. The van der Waals surface area contributed by atoms with Crippen molar-refractivity contribution in [3.63, 3.8) is 0 Å². The van der Waals surface area contributed by atoms with Gasteiger partial charge in [-0.05, 0) is 28.8 Å². The van der Waals surface area contributed by atoms with E-state index >= 15 is 0 Å². The molecule has 1 aliphatic rings. The molecule has 0 atom stereocenters. The molecule has 0 unspecified atom stereocenters. The van der Waals surface area contributed by atoms with Crippen LogP contribution in [0.4, 0.5) is 0 Å². The third-order valence-corrected chi connectivity index (χ3v) is 4.10. The van der Waals surface area contributed by atoms with Crippen LogP contribution < -0.4 is 0 Å². The molecular weight excluding hydrogens is 340 g/mol. The van der Waals surface area contributed by atoms with E-state index in [1.54, 1.807) is 21.8 Å². The minimum atomic E-state index is -0.787. The van der Waals surface area contributed by atoms with Gasteiger partial charge in [0.25, 0.3) is 5.91 Å². The van der Waals surface area contributed by atoms with Gasteiger partial charge in [-0.15, -0.1) is 0 Å². The fourth-order valence-corrected chi connectivity index (χ4v) is 2.80. The van der Waals surface area contributed by atoms with Crippen LogP contribution in [0.3, 0.4) is 0 Å². The second kappa shape index (κ2) is 5.44. The van der Waals surface area contributed by atoms with Gasteiger partial charge in [0.15, 0.2) is 5.65 Å². The van der Waals surface area contributed by atoms with Gasteiger partial charge < -0.3 is 10.0 Å². The Morgan fingerprint density at radius 1 is 1.29 bits per heavy atom. The Kier molecular flexibility index (Phi) is 3.62. The first-order chi connectivity index (χ1) is 10.1. The van der Waals surface area contributed by atoms with Gasteiger partial charge in [-0.25, -0.2) is 9.50 Å². The van der Waals surface area contributed by atoms with Gasteiger partial charge in [0.2, 0.25) is 0 Å². The molecule has 0 radical (unpaired) electrons. The van der Waals surface area contributed by atoms with Gasteiger partial charge >= 0.3 is 5.97 Å². The van der Waals surface area contributed by atoms with E-state index in [-0.39, 0.29) is 11.8 Å². The number of aromatic nitrogens is 3. The zero-order valence-corrected chi connectivity index (χ0v) is 12.7. The summed E-state index contributed by atoms with van der Waals surface area (Å²) in [4.78, 5) is 29.3. The number of aliphatic carboxylic acids is 1. The van der Waals surface area contributed by atoms with Crippen LogP contribution in [0.1, 0.15) is 23.2 Å². The predicted molar refractivity (Wildman–Crippen MR) is 77.0 cm³/mol. The maximum absolute atomic E-state index is 12.5. The van der Waals surface area contributed by atoms with Crippen LogP contribution in [0.25, 0.3) is 5.65 Å². The van der Waals surface area contributed by atoms with Crippen molar-refractivity contribution in [1.29, 1.82) is 0 Å². The molecule has 3 rings (SSSR count). The Labute approximate surface area is 128 Å². The molecule has 1 aliphatic heterocycles. The number of carboxylic acid groups (broad SMARTS) is 1. The van der Waals surface area contributed by atoms with Crippen LogP contribution >= 0.6 is 15.9 Å². The number of carboxylic acids is 1. The summed E-state index contributed by atoms with van der Waals surface area (Å²) >= 11 is 3.30. The highest BCUT2D eigenvalue weighted by molar-refractivity contribution is 9.10. The Balaban J connectivity index is 1.80. The molecule has 0 saturated carbocycles. The molecule has 1 N–H and O–H groups in total. The average Bonchev–Trinajstić information content (AvgIpc) is 2.89. The lowest BCUT2D eigenvalue weighted by Gasteiger charge is -2.29. The summed E-state index contributed by atoms with van der Waals surface area (Å²) in [6, 6.07) is 0. The van der Waals surface area contributed by atoms with Gasteiger partial charge in [-0.1, -0.05) is 0 Å². The van der Waals surface area contributed by atoms with Gasteiger partial charge in [0.1, 0.15) is 5.56 Å². The number of hydrogen-bond acceptors (Lipinski definition) is 4. The van der Waals surface area contributed by atoms with E-state index < -0.39 is 5.97 Å². The number of likely N-dealkylation sites (tertiary alicyclic amines) is 1. The standard InChI is InChI=1S/C13H13BrN4O3/c14-9-5-15-11-10(6-16-18(11)7-9)12(19)17-3-1-8(2-4-17)13(20)21/h5-8H,1-4H2,(H,20,21). The molecule has 3 heterocycles. The van der Waals surface area contributed by atoms with Crippen molar-refractivity contribution in [3.8, 4) is 0 Å². The number of amides is 1. The first-order valence-electron chi connectivity index (χ1n) is 6.57. The maximum atomic E-state index is 12.5. The van der Waals surface area contributed by atoms with Crippen molar-refractivity contribution >= 4 is 33.5 Å². The Hall–Kier alpha value is -1.96. The zero-order chi connectivity index (χ0) is 15.0. The molecule has 0 aromatic carbocycles. The quantitative estimate of drug-likeness (QED) is 0.883. The second-order valence-electron chi connectivity index (χ2n) is 5.00. The molecule has 0 bridgehead atoms. The molecular formula is C13H13BrN4O3. The van der Waals surface area contributed by atoms with Crippen LogP contribution in [-0.4, -0.2) is 49.6 Å². The molecule has 21 heavy (non-hydrogen) atoms. The van der Waals surface area contributed by atoms with Crippen LogP contribution in [0.2, 0.25) is 0 Å². The zero-order valence-electron chi connectivity index (χ0n) is 11.1. The minimum absolute atomic E-state index is 0.149. The summed E-state index contributed by atoms with van der Waals surface area (Å²) in [5.74, 6) is -1.29. The molecule has 0 aliphatic carbocycles. The van der Waals surface area contributed by atoms with E-state index in [0.29, 0.717) is 37.1 Å². The molecule has 7 nitrogen and oxygen atoms in total. The predicted octanol–water partition coefficient (Wildman–Crippen LogP) is 1.43. The summed E-state index contributed by atoms with van der Waals surface area (Å²) in [6.45, 7) is 0.896. The lowest BCUT2D eigenvalue weighted by molar-refractivity contribution is -0.143. The summed E-state index contributed by atoms with van der Waals surface area (Å²) in [5, 5.41) is 13.1. The maximum Gasteiger partial charge on any atom is 0.306 e. The number of piperidine rings is 1. The van der Waals surface area contributed by atoms with E-state index in [2.05, 4.69) is 26.0 Å². The number of fused-ring (bicyclic) bond motifs is 1. The lowest BCUT2D eigenvalue weighted by Crippen LogP contribution is -2.40. The molecule has 2 aromatic rings. The Bertz CT molecular complexity index is 707. The fraction of sp³-hybridized carbons (Fsp3) is 0.385. The summed E-state index contributed by atoms with van der Waals surface area (Å²) in [7, 11) is 0. The van der Waals surface area contributed by atoms with Crippen LogP contribution in [0.5, 0.6) is 0 Å². The van der Waals surface area contributed by atoms with Crippen molar-refractivity contribution in [2.75, 3.05) is 13.1 Å². The van der Waals surface area contributed by atoms with E-state index in [9.17, 15) is 9.59 Å². The van der Waals surface area contributed by atoms with Crippen molar-refractivity contribution in [1.82, 2.24) is 19.5 Å². The largest absolute Gasteiger partial charge is 0.481 e. The van der Waals surface area contributed by atoms with E-state index in [0.717, 1.165) is 4.47 Å². The smallest absolute Gasteiger partial charge is 0.306 e. The topological polar surface area (TPSA) is 87.8 Å². The third-order valence-electron chi connectivity index (χ3n) is 3.69. The highest BCUT2D eigenvalue weighted by Gasteiger charge is 2.28. The third kappa shape index (κ3) is 2.63. The first-order valence-corrected chi connectivity index (χ1v) is 7.36. The summed E-state index contributed by atoms with van der Waals surface area (Å²) < 4.78 is 2.32. The Morgan fingerprint density at radius 2 is 2.00 bits per heavy atom. The minimum Gasteiger partial charge on any atom is -0.481 e. The molecule has 110 valence electrons. The number of hydrogen-bond donors (Lipinski definition) is 1. The molecule has 1 saturated heterocycles. The SMILES string of the molecule is O=C(O)C1CCN(C(=O)c2cnn3cc(Br)cnc23)CC1. The van der Waals surface area contributed by atoms with E-state index in [1.165, 1.54) is 6.20 Å².